The highest BCUT2D eigenvalue weighted by atomic mass is 35.5. The monoisotopic (exact) mass is 326 g/mol. The Balaban J connectivity index is 1.94. The van der Waals surface area contributed by atoms with Crippen LogP contribution in [0.2, 0.25) is 10.0 Å². The van der Waals surface area contributed by atoms with Crippen molar-refractivity contribution in [1.82, 2.24) is 5.32 Å². The average molecular weight is 327 g/mol. The van der Waals surface area contributed by atoms with Gasteiger partial charge < -0.3 is 11.1 Å². The molecule has 21 heavy (non-hydrogen) atoms. The number of nitrogens with one attached hydrogen (secondary N) is 1. The molecule has 0 spiro atoms. The van der Waals surface area contributed by atoms with Crippen molar-refractivity contribution in [3.63, 3.8) is 0 Å². The van der Waals surface area contributed by atoms with E-state index in [0.29, 0.717) is 18.5 Å². The van der Waals surface area contributed by atoms with Crippen LogP contribution < -0.4 is 11.1 Å². The third-order valence-electron chi connectivity index (χ3n) is 2.95. The summed E-state index contributed by atoms with van der Waals surface area (Å²) in [5, 5.41) is 3.23. The number of carbonyl (C=O) groups excluding carboxylic acids is 1. The normalized spacial score (nSPS) is 10.4. The molecule has 110 valence electrons. The summed E-state index contributed by atoms with van der Waals surface area (Å²) >= 11 is 11.8. The number of benzene rings is 2. The number of hydrogen-bond acceptors (Lipinski definition) is 2. The molecule has 3 nitrogen and oxygen atoms in total. The summed E-state index contributed by atoms with van der Waals surface area (Å²) in [7, 11) is 0. The molecule has 0 fully saturated rings. The van der Waals surface area contributed by atoms with Crippen molar-refractivity contribution in [2.45, 2.75) is 6.42 Å². The van der Waals surface area contributed by atoms with Crippen LogP contribution in [0.3, 0.4) is 0 Å². The van der Waals surface area contributed by atoms with E-state index in [-0.39, 0.29) is 27.5 Å². The second-order valence-corrected chi connectivity index (χ2v) is 5.30. The first kappa shape index (κ1) is 15.6. The van der Waals surface area contributed by atoms with Crippen molar-refractivity contribution in [2.75, 3.05) is 12.3 Å². The van der Waals surface area contributed by atoms with Crippen molar-refractivity contribution < 1.29 is 9.18 Å². The molecule has 2 rings (SSSR count). The first-order valence-corrected chi connectivity index (χ1v) is 7.00. The van der Waals surface area contributed by atoms with Gasteiger partial charge in [-0.2, -0.15) is 0 Å². The Kier molecular flexibility index (Phi) is 5.04. The van der Waals surface area contributed by atoms with Crippen LogP contribution in [0, 0.1) is 5.82 Å². The fourth-order valence-electron chi connectivity index (χ4n) is 1.79. The average Bonchev–Trinajstić information content (AvgIpc) is 2.46. The second-order valence-electron chi connectivity index (χ2n) is 4.49. The molecule has 0 aliphatic rings. The van der Waals surface area contributed by atoms with Gasteiger partial charge in [-0.05, 0) is 36.2 Å². The second kappa shape index (κ2) is 6.78. The summed E-state index contributed by atoms with van der Waals surface area (Å²) in [4.78, 5) is 12.0. The SMILES string of the molecule is Nc1c(Cl)cc(C(=O)NCCc2ccc(F)cc2)cc1Cl. The molecule has 0 aromatic heterocycles. The smallest absolute Gasteiger partial charge is 0.251 e. The van der Waals surface area contributed by atoms with Gasteiger partial charge in [0.15, 0.2) is 0 Å². The van der Waals surface area contributed by atoms with E-state index >= 15 is 0 Å². The summed E-state index contributed by atoms with van der Waals surface area (Å²) in [5.74, 6) is -0.574. The lowest BCUT2D eigenvalue weighted by Gasteiger charge is -2.08. The molecule has 0 aliphatic heterocycles. The number of nitrogens with two attached hydrogens (primary N) is 1. The van der Waals surface area contributed by atoms with Gasteiger partial charge >= 0.3 is 0 Å². The number of amides is 1. The Bertz CT molecular complexity index is 636. The van der Waals surface area contributed by atoms with Gasteiger partial charge in [0.05, 0.1) is 15.7 Å². The number of nitrogen functional groups attached to an aromatic ring is 1. The van der Waals surface area contributed by atoms with Crippen molar-refractivity contribution in [2.24, 2.45) is 0 Å². The quantitative estimate of drug-likeness (QED) is 0.842. The van der Waals surface area contributed by atoms with Gasteiger partial charge in [-0.1, -0.05) is 35.3 Å². The van der Waals surface area contributed by atoms with Crippen molar-refractivity contribution >= 4 is 34.8 Å². The molecule has 0 bridgehead atoms. The highest BCUT2D eigenvalue weighted by Gasteiger charge is 2.10. The molecule has 0 saturated carbocycles. The lowest BCUT2D eigenvalue weighted by molar-refractivity contribution is 0.0954. The third-order valence-corrected chi connectivity index (χ3v) is 3.58. The zero-order valence-corrected chi connectivity index (χ0v) is 12.5. The van der Waals surface area contributed by atoms with E-state index in [2.05, 4.69) is 5.32 Å². The van der Waals surface area contributed by atoms with Crippen LogP contribution in [0.25, 0.3) is 0 Å². The van der Waals surface area contributed by atoms with Gasteiger partial charge in [-0.3, -0.25) is 4.79 Å². The molecular formula is C15H13Cl2FN2O. The van der Waals surface area contributed by atoms with Crippen LogP contribution >= 0.6 is 23.2 Å². The zero-order chi connectivity index (χ0) is 15.4. The minimum atomic E-state index is -0.291. The van der Waals surface area contributed by atoms with E-state index in [0.717, 1.165) is 5.56 Å². The van der Waals surface area contributed by atoms with Gasteiger partial charge in [0, 0.05) is 12.1 Å². The number of halogens is 3. The Morgan fingerprint density at radius 2 is 1.71 bits per heavy atom. The zero-order valence-electron chi connectivity index (χ0n) is 11.0. The highest BCUT2D eigenvalue weighted by molar-refractivity contribution is 6.39. The molecule has 3 N–H and O–H groups in total. The first-order chi connectivity index (χ1) is 9.97. The summed E-state index contributed by atoms with van der Waals surface area (Å²) in [6.45, 7) is 0.421. The molecule has 0 aliphatic carbocycles. The fraction of sp³-hybridized carbons (Fsp3) is 0.133. The molecule has 0 saturated heterocycles. The molecule has 0 heterocycles. The lowest BCUT2D eigenvalue weighted by Crippen LogP contribution is -2.25. The minimum Gasteiger partial charge on any atom is -0.396 e. The molecule has 2 aromatic rings. The van der Waals surface area contributed by atoms with E-state index in [9.17, 15) is 9.18 Å². The van der Waals surface area contributed by atoms with Crippen molar-refractivity contribution in [3.8, 4) is 0 Å². The molecule has 2 aromatic carbocycles. The van der Waals surface area contributed by atoms with Crippen LogP contribution in [-0.4, -0.2) is 12.5 Å². The topological polar surface area (TPSA) is 55.1 Å². The number of hydrogen-bond donors (Lipinski definition) is 2. The minimum absolute atomic E-state index is 0.242. The maximum absolute atomic E-state index is 12.8. The predicted octanol–water partition coefficient (Wildman–Crippen LogP) is 3.69. The predicted molar refractivity (Wildman–Crippen MR) is 83.3 cm³/mol. The Labute approximate surface area is 131 Å². The molecule has 0 unspecified atom stereocenters. The van der Waals surface area contributed by atoms with E-state index < -0.39 is 0 Å². The Hall–Kier alpha value is -1.78. The molecule has 0 atom stereocenters. The summed E-state index contributed by atoms with van der Waals surface area (Å²) in [5.41, 5.74) is 7.15. The molecule has 6 heteroatoms. The van der Waals surface area contributed by atoms with Gasteiger partial charge in [-0.25, -0.2) is 4.39 Å². The van der Waals surface area contributed by atoms with Crippen molar-refractivity contribution in [3.05, 3.63) is 63.4 Å². The molecular weight excluding hydrogens is 314 g/mol. The van der Waals surface area contributed by atoms with E-state index in [1.165, 1.54) is 24.3 Å². The summed E-state index contributed by atoms with van der Waals surface area (Å²) in [6, 6.07) is 9.07. The van der Waals surface area contributed by atoms with E-state index in [4.69, 9.17) is 28.9 Å². The van der Waals surface area contributed by atoms with Gasteiger partial charge in [0.2, 0.25) is 0 Å². The van der Waals surface area contributed by atoms with E-state index in [1.807, 2.05) is 0 Å². The van der Waals surface area contributed by atoms with Crippen LogP contribution in [-0.2, 0) is 6.42 Å². The third kappa shape index (κ3) is 4.09. The maximum atomic E-state index is 12.8. The van der Waals surface area contributed by atoms with Crippen LogP contribution in [0.5, 0.6) is 0 Å². The maximum Gasteiger partial charge on any atom is 0.251 e. The number of carbonyl (C=O) groups is 1. The lowest BCUT2D eigenvalue weighted by atomic mass is 10.1. The highest BCUT2D eigenvalue weighted by Crippen LogP contribution is 2.28. The standard InChI is InChI=1S/C15H13Cl2FN2O/c16-12-7-10(8-13(17)14(12)19)15(21)20-6-5-9-1-3-11(18)4-2-9/h1-4,7-8H,5-6,19H2,(H,20,21). The van der Waals surface area contributed by atoms with Crippen LogP contribution in [0.4, 0.5) is 10.1 Å². The van der Waals surface area contributed by atoms with Crippen LogP contribution in [0.15, 0.2) is 36.4 Å². The van der Waals surface area contributed by atoms with Gasteiger partial charge in [-0.15, -0.1) is 0 Å². The molecule has 0 radical (unpaired) electrons. The number of anilines is 1. The van der Waals surface area contributed by atoms with Gasteiger partial charge in [0.25, 0.3) is 5.91 Å². The van der Waals surface area contributed by atoms with Crippen LogP contribution in [0.1, 0.15) is 15.9 Å². The van der Waals surface area contributed by atoms with Gasteiger partial charge in [0.1, 0.15) is 5.82 Å². The van der Waals surface area contributed by atoms with E-state index in [1.54, 1.807) is 12.1 Å². The largest absolute Gasteiger partial charge is 0.396 e. The first-order valence-electron chi connectivity index (χ1n) is 6.24. The Morgan fingerprint density at radius 1 is 1.14 bits per heavy atom. The molecule has 1 amide bonds. The fourth-order valence-corrected chi connectivity index (χ4v) is 2.28. The van der Waals surface area contributed by atoms with Crippen molar-refractivity contribution in [1.29, 1.82) is 0 Å². The number of rotatable bonds is 4. The Morgan fingerprint density at radius 3 is 2.29 bits per heavy atom. The summed E-state index contributed by atoms with van der Waals surface area (Å²) in [6.07, 6.45) is 0.600. The summed E-state index contributed by atoms with van der Waals surface area (Å²) < 4.78 is 12.8.